The van der Waals surface area contributed by atoms with E-state index in [0.29, 0.717) is 29.2 Å². The van der Waals surface area contributed by atoms with Crippen LogP contribution in [-0.2, 0) is 4.74 Å². The van der Waals surface area contributed by atoms with E-state index in [1.54, 1.807) is 18.2 Å². The molecule has 1 aromatic carbocycles. The van der Waals surface area contributed by atoms with E-state index in [4.69, 9.17) is 4.74 Å². The van der Waals surface area contributed by atoms with Gasteiger partial charge in [0, 0.05) is 25.3 Å². The molecule has 0 bridgehead atoms. The number of carbonyl (C=O) groups excluding carboxylic acids is 3. The summed E-state index contributed by atoms with van der Waals surface area (Å²) in [7, 11) is 1.91. The molecule has 0 spiro atoms. The molecule has 0 saturated carbocycles. The van der Waals surface area contributed by atoms with E-state index in [1.165, 1.54) is 4.90 Å². The summed E-state index contributed by atoms with van der Waals surface area (Å²) in [6.45, 7) is 3.29. The molecule has 2 fully saturated rings. The van der Waals surface area contributed by atoms with Gasteiger partial charge in [-0.25, -0.2) is 0 Å². The smallest absolute Gasteiger partial charge is 0.261 e. The molecule has 3 heterocycles. The zero-order valence-corrected chi connectivity index (χ0v) is 16.8. The molecule has 2 unspecified atom stereocenters. The number of hydrogen-bond donors (Lipinski definition) is 1. The Morgan fingerprint density at radius 1 is 1.21 bits per heavy atom. The van der Waals surface area contributed by atoms with Crippen molar-refractivity contribution in [1.29, 1.82) is 0 Å². The largest absolute Gasteiger partial charge is 0.376 e. The minimum Gasteiger partial charge on any atom is -0.376 e. The molecule has 3 amide bonds. The Bertz CT molecular complexity index is 779. The van der Waals surface area contributed by atoms with Crippen molar-refractivity contribution in [1.82, 2.24) is 15.1 Å². The minimum atomic E-state index is -0.324. The van der Waals surface area contributed by atoms with Gasteiger partial charge in [-0.15, -0.1) is 12.4 Å². The summed E-state index contributed by atoms with van der Waals surface area (Å²) in [4.78, 5) is 41.2. The van der Waals surface area contributed by atoms with Crippen LogP contribution in [0.4, 0.5) is 0 Å². The van der Waals surface area contributed by atoms with Gasteiger partial charge in [-0.2, -0.15) is 0 Å². The van der Waals surface area contributed by atoms with Gasteiger partial charge in [-0.1, -0.05) is 0 Å². The number of halogens is 1. The van der Waals surface area contributed by atoms with Crippen molar-refractivity contribution >= 4 is 30.1 Å². The maximum atomic E-state index is 12.8. The average molecular weight is 408 g/mol. The van der Waals surface area contributed by atoms with Crippen LogP contribution in [0.2, 0.25) is 0 Å². The molecule has 7 nitrogen and oxygen atoms in total. The second-order valence-corrected chi connectivity index (χ2v) is 7.58. The minimum absolute atomic E-state index is 0. The van der Waals surface area contributed by atoms with Gasteiger partial charge in [0.15, 0.2) is 0 Å². The maximum absolute atomic E-state index is 12.8. The van der Waals surface area contributed by atoms with Crippen LogP contribution in [0.5, 0.6) is 0 Å². The molecule has 152 valence electrons. The number of ether oxygens (including phenoxy) is 1. The summed E-state index contributed by atoms with van der Waals surface area (Å²) in [5, 5.41) is 3.15. The van der Waals surface area contributed by atoms with E-state index in [9.17, 15) is 14.4 Å². The third kappa shape index (κ3) is 3.79. The Kier molecular flexibility index (Phi) is 6.37. The lowest BCUT2D eigenvalue weighted by atomic mass is 10.0. The van der Waals surface area contributed by atoms with Crippen LogP contribution in [-0.4, -0.2) is 73.5 Å². The summed E-state index contributed by atoms with van der Waals surface area (Å²) in [6, 6.07) is 4.85. The van der Waals surface area contributed by atoms with Crippen LogP contribution < -0.4 is 5.32 Å². The van der Waals surface area contributed by atoms with Gasteiger partial charge < -0.3 is 15.0 Å². The third-order valence-electron chi connectivity index (χ3n) is 5.69. The topological polar surface area (TPSA) is 79.0 Å². The van der Waals surface area contributed by atoms with Gasteiger partial charge in [0.2, 0.25) is 0 Å². The molecule has 1 N–H and O–H groups in total. The van der Waals surface area contributed by atoms with Gasteiger partial charge in [-0.3, -0.25) is 19.3 Å². The summed E-state index contributed by atoms with van der Waals surface area (Å²) >= 11 is 0. The van der Waals surface area contributed by atoms with Crippen LogP contribution in [0.25, 0.3) is 0 Å². The lowest BCUT2D eigenvalue weighted by Crippen LogP contribution is -2.36. The molecule has 0 aliphatic carbocycles. The first-order valence-electron chi connectivity index (χ1n) is 9.64. The number of carbonyl (C=O) groups is 3. The van der Waals surface area contributed by atoms with Crippen molar-refractivity contribution in [2.45, 2.75) is 25.4 Å². The highest BCUT2D eigenvalue weighted by atomic mass is 35.5. The molecule has 3 aliphatic heterocycles. The Balaban J connectivity index is 0.00000225. The van der Waals surface area contributed by atoms with Crippen molar-refractivity contribution in [2.75, 3.05) is 39.8 Å². The number of nitrogens with one attached hydrogen (secondary N) is 1. The van der Waals surface area contributed by atoms with Crippen molar-refractivity contribution in [3.63, 3.8) is 0 Å². The van der Waals surface area contributed by atoms with Gasteiger partial charge in [0.05, 0.1) is 23.8 Å². The maximum Gasteiger partial charge on any atom is 0.261 e. The number of benzene rings is 1. The fourth-order valence-electron chi connectivity index (χ4n) is 4.24. The van der Waals surface area contributed by atoms with Gasteiger partial charge in [0.1, 0.15) is 0 Å². The number of nitrogens with zero attached hydrogens (tertiary/aromatic N) is 2. The number of hydrogen-bond acceptors (Lipinski definition) is 5. The third-order valence-corrected chi connectivity index (χ3v) is 5.69. The molecule has 2 atom stereocenters. The van der Waals surface area contributed by atoms with Crippen molar-refractivity contribution in [2.24, 2.45) is 5.92 Å². The lowest BCUT2D eigenvalue weighted by molar-refractivity contribution is 0.0475. The van der Waals surface area contributed by atoms with Crippen LogP contribution in [0, 0.1) is 5.92 Å². The molecule has 3 aliphatic rings. The van der Waals surface area contributed by atoms with E-state index in [1.807, 2.05) is 11.9 Å². The zero-order valence-electron chi connectivity index (χ0n) is 16.0. The molecular weight excluding hydrogens is 382 g/mol. The Labute approximate surface area is 170 Å². The zero-order chi connectivity index (χ0) is 19.0. The highest BCUT2D eigenvalue weighted by Crippen LogP contribution is 2.27. The lowest BCUT2D eigenvalue weighted by Gasteiger charge is -2.18. The summed E-state index contributed by atoms with van der Waals surface area (Å²) in [6.07, 6.45) is 2.71. The van der Waals surface area contributed by atoms with Gasteiger partial charge >= 0.3 is 0 Å². The van der Waals surface area contributed by atoms with E-state index >= 15 is 0 Å². The Morgan fingerprint density at radius 2 is 2.00 bits per heavy atom. The highest BCUT2D eigenvalue weighted by Gasteiger charge is 2.38. The fourth-order valence-corrected chi connectivity index (χ4v) is 4.24. The number of fused-ring (bicyclic) bond motifs is 1. The number of rotatable bonds is 5. The molecule has 4 rings (SSSR count). The SMILES string of the molecule is CNCC1CCN(C(=O)c2ccc3c(c2)C(=O)N(CC2CCCO2)C3=O)C1.Cl. The molecular formula is C20H26ClN3O4. The van der Waals surface area contributed by atoms with Crippen molar-refractivity contribution < 1.29 is 19.1 Å². The first kappa shape index (κ1) is 20.8. The predicted molar refractivity (Wildman–Crippen MR) is 106 cm³/mol. The van der Waals surface area contributed by atoms with E-state index in [2.05, 4.69) is 5.32 Å². The normalized spacial score (nSPS) is 23.9. The number of amides is 3. The Hall–Kier alpha value is -1.96. The molecule has 0 aromatic heterocycles. The molecule has 2 saturated heterocycles. The quantitative estimate of drug-likeness (QED) is 0.749. The molecule has 28 heavy (non-hydrogen) atoms. The molecule has 1 aromatic rings. The highest BCUT2D eigenvalue weighted by molar-refractivity contribution is 6.22. The molecule has 8 heteroatoms. The average Bonchev–Trinajstić information content (AvgIpc) is 3.40. The van der Waals surface area contributed by atoms with Crippen LogP contribution in [0.3, 0.4) is 0 Å². The van der Waals surface area contributed by atoms with E-state index in [-0.39, 0.29) is 42.8 Å². The van der Waals surface area contributed by atoms with Crippen LogP contribution in [0.1, 0.15) is 50.3 Å². The predicted octanol–water partition coefficient (Wildman–Crippen LogP) is 1.56. The molecule has 0 radical (unpaired) electrons. The summed E-state index contributed by atoms with van der Waals surface area (Å²) in [5.74, 6) is -0.234. The second kappa shape index (κ2) is 8.59. The van der Waals surface area contributed by atoms with Crippen LogP contribution in [0.15, 0.2) is 18.2 Å². The van der Waals surface area contributed by atoms with Crippen molar-refractivity contribution in [3.8, 4) is 0 Å². The first-order chi connectivity index (χ1) is 13.1. The van der Waals surface area contributed by atoms with Crippen molar-refractivity contribution in [3.05, 3.63) is 34.9 Å². The van der Waals surface area contributed by atoms with Crippen LogP contribution >= 0.6 is 12.4 Å². The number of likely N-dealkylation sites (tertiary alicyclic amines) is 1. The van der Waals surface area contributed by atoms with Gasteiger partial charge in [0.25, 0.3) is 17.7 Å². The van der Waals surface area contributed by atoms with Gasteiger partial charge in [-0.05, 0) is 57.0 Å². The fraction of sp³-hybridized carbons (Fsp3) is 0.550. The summed E-state index contributed by atoms with van der Waals surface area (Å²) in [5.41, 5.74) is 1.18. The summed E-state index contributed by atoms with van der Waals surface area (Å²) < 4.78 is 5.56. The first-order valence-corrected chi connectivity index (χ1v) is 9.64. The van der Waals surface area contributed by atoms with E-state index in [0.717, 1.165) is 38.9 Å². The second-order valence-electron chi connectivity index (χ2n) is 7.58. The monoisotopic (exact) mass is 407 g/mol. The van der Waals surface area contributed by atoms with E-state index < -0.39 is 0 Å². The number of imide groups is 1. The Morgan fingerprint density at radius 3 is 2.71 bits per heavy atom. The standard InChI is InChI=1S/C20H25N3O4.ClH/c1-21-10-13-6-7-22(11-13)18(24)14-4-5-16-17(9-14)20(26)23(19(16)25)12-15-3-2-8-27-15;/h4-5,9,13,15,21H,2-3,6-8,10-12H2,1H3;1H.